The van der Waals surface area contributed by atoms with E-state index in [4.69, 9.17) is 11.6 Å². The molecule has 0 saturated heterocycles. The molecule has 0 radical (unpaired) electrons. The van der Waals surface area contributed by atoms with Crippen molar-refractivity contribution in [3.63, 3.8) is 0 Å². The summed E-state index contributed by atoms with van der Waals surface area (Å²) in [5.74, 6) is 0. The lowest BCUT2D eigenvalue weighted by molar-refractivity contribution is 0.184. The molecule has 0 aliphatic carbocycles. The van der Waals surface area contributed by atoms with Crippen molar-refractivity contribution >= 4 is 27.5 Å². The van der Waals surface area contributed by atoms with E-state index in [-0.39, 0.29) is 0 Å². The highest BCUT2D eigenvalue weighted by Gasteiger charge is 2.20. The summed E-state index contributed by atoms with van der Waals surface area (Å²) in [7, 11) is 0. The van der Waals surface area contributed by atoms with E-state index in [1.807, 2.05) is 0 Å². The van der Waals surface area contributed by atoms with E-state index in [1.54, 1.807) is 0 Å². The van der Waals surface area contributed by atoms with Gasteiger partial charge in [-0.25, -0.2) is 0 Å². The summed E-state index contributed by atoms with van der Waals surface area (Å²) >= 11 is 10.1. The first-order valence-electron chi connectivity index (χ1n) is 7.66. The van der Waals surface area contributed by atoms with Crippen LogP contribution >= 0.6 is 27.5 Å². The predicted octanol–water partition coefficient (Wildman–Crippen LogP) is 4.50. The van der Waals surface area contributed by atoms with Crippen LogP contribution < -0.4 is 0 Å². The van der Waals surface area contributed by atoms with Gasteiger partial charge in [-0.3, -0.25) is 9.58 Å². The molecule has 0 aromatic carbocycles. The van der Waals surface area contributed by atoms with Gasteiger partial charge in [0, 0.05) is 31.0 Å². The summed E-state index contributed by atoms with van der Waals surface area (Å²) < 4.78 is 2.06. The number of aromatic nitrogens is 2. The van der Waals surface area contributed by atoms with Gasteiger partial charge in [-0.2, -0.15) is 5.10 Å². The molecule has 0 bridgehead atoms. The SMILES string of the molecule is CCc1nn(CC)c(CN(CCBr)C(CC)CC)c1Cl. The van der Waals surface area contributed by atoms with Crippen LogP contribution in [0.4, 0.5) is 0 Å². The molecule has 1 aromatic rings. The van der Waals surface area contributed by atoms with Gasteiger partial charge in [0.2, 0.25) is 0 Å². The molecule has 1 aromatic heterocycles. The molecule has 0 spiro atoms. The van der Waals surface area contributed by atoms with Gasteiger partial charge in [0.05, 0.1) is 16.4 Å². The molecular formula is C15H27BrClN3. The normalized spacial score (nSPS) is 11.8. The number of nitrogens with zero attached hydrogens (tertiary/aromatic N) is 3. The van der Waals surface area contributed by atoms with Crippen molar-refractivity contribution in [1.29, 1.82) is 0 Å². The van der Waals surface area contributed by atoms with Gasteiger partial charge in [-0.05, 0) is 26.2 Å². The first-order chi connectivity index (χ1) is 9.62. The van der Waals surface area contributed by atoms with Crippen molar-refractivity contribution in [2.24, 2.45) is 0 Å². The van der Waals surface area contributed by atoms with Gasteiger partial charge in [0.1, 0.15) is 0 Å². The number of hydrogen-bond acceptors (Lipinski definition) is 2. The fourth-order valence-corrected chi connectivity index (χ4v) is 3.45. The van der Waals surface area contributed by atoms with Crippen molar-refractivity contribution < 1.29 is 0 Å². The molecule has 0 saturated carbocycles. The first kappa shape index (κ1) is 18.0. The molecule has 0 aliphatic rings. The van der Waals surface area contributed by atoms with Gasteiger partial charge in [-0.15, -0.1) is 0 Å². The van der Waals surface area contributed by atoms with Crippen LogP contribution in [0.2, 0.25) is 5.02 Å². The minimum absolute atomic E-state index is 0.605. The van der Waals surface area contributed by atoms with Gasteiger partial charge in [-0.1, -0.05) is 48.3 Å². The molecule has 5 heteroatoms. The molecule has 116 valence electrons. The van der Waals surface area contributed by atoms with Crippen LogP contribution in [0.5, 0.6) is 0 Å². The second-order valence-corrected chi connectivity index (χ2v) is 6.18. The summed E-state index contributed by atoms with van der Waals surface area (Å²) in [6.45, 7) is 11.5. The second kappa shape index (κ2) is 9.06. The number of alkyl halides is 1. The van der Waals surface area contributed by atoms with Crippen molar-refractivity contribution in [3.8, 4) is 0 Å². The molecule has 0 N–H and O–H groups in total. The number of halogens is 2. The first-order valence-corrected chi connectivity index (χ1v) is 9.16. The van der Waals surface area contributed by atoms with Gasteiger partial charge >= 0.3 is 0 Å². The predicted molar refractivity (Wildman–Crippen MR) is 90.9 cm³/mol. The van der Waals surface area contributed by atoms with E-state index >= 15 is 0 Å². The van der Waals surface area contributed by atoms with Crippen LogP contribution in [0.1, 0.15) is 51.9 Å². The maximum absolute atomic E-state index is 6.52. The summed E-state index contributed by atoms with van der Waals surface area (Å²) in [6.07, 6.45) is 3.23. The maximum atomic E-state index is 6.52. The Bertz CT molecular complexity index is 402. The molecule has 1 heterocycles. The Morgan fingerprint density at radius 1 is 1.25 bits per heavy atom. The molecule has 1 rings (SSSR count). The lowest BCUT2D eigenvalue weighted by Gasteiger charge is -2.30. The summed E-state index contributed by atoms with van der Waals surface area (Å²) in [6, 6.07) is 0.605. The Kier molecular flexibility index (Phi) is 8.15. The average molecular weight is 365 g/mol. The Morgan fingerprint density at radius 3 is 2.35 bits per heavy atom. The zero-order valence-corrected chi connectivity index (χ0v) is 15.5. The van der Waals surface area contributed by atoms with Gasteiger partial charge in [0.25, 0.3) is 0 Å². The third-order valence-electron chi connectivity index (χ3n) is 3.88. The second-order valence-electron chi connectivity index (χ2n) is 5.01. The molecule has 20 heavy (non-hydrogen) atoms. The van der Waals surface area contributed by atoms with E-state index < -0.39 is 0 Å². The quantitative estimate of drug-likeness (QED) is 0.601. The highest BCUT2D eigenvalue weighted by molar-refractivity contribution is 9.09. The smallest absolute Gasteiger partial charge is 0.0863 e. The Balaban J connectivity index is 3.00. The fraction of sp³-hybridized carbons (Fsp3) is 0.800. The van der Waals surface area contributed by atoms with Crippen LogP contribution in [-0.2, 0) is 19.5 Å². The zero-order valence-electron chi connectivity index (χ0n) is 13.1. The standard InChI is InChI=1S/C15H27BrClN3/c1-5-12(6-2)19(10-9-16)11-14-15(17)13(7-3)18-20(14)8-4/h12H,5-11H2,1-4H3. The van der Waals surface area contributed by atoms with E-state index in [1.165, 1.54) is 18.5 Å². The Morgan fingerprint density at radius 2 is 1.90 bits per heavy atom. The van der Waals surface area contributed by atoms with E-state index in [9.17, 15) is 0 Å². The van der Waals surface area contributed by atoms with Crippen LogP contribution in [0.3, 0.4) is 0 Å². The molecule has 0 fully saturated rings. The summed E-state index contributed by atoms with van der Waals surface area (Å²) in [5, 5.41) is 6.47. The van der Waals surface area contributed by atoms with Gasteiger partial charge < -0.3 is 0 Å². The molecule has 0 aliphatic heterocycles. The maximum Gasteiger partial charge on any atom is 0.0863 e. The minimum Gasteiger partial charge on any atom is -0.294 e. The molecule has 0 unspecified atom stereocenters. The highest BCUT2D eigenvalue weighted by atomic mass is 79.9. The number of hydrogen-bond donors (Lipinski definition) is 0. The third kappa shape index (κ3) is 4.22. The van der Waals surface area contributed by atoms with E-state index in [0.717, 1.165) is 42.1 Å². The van der Waals surface area contributed by atoms with Crippen molar-refractivity contribution in [1.82, 2.24) is 14.7 Å². The highest BCUT2D eigenvalue weighted by Crippen LogP contribution is 2.24. The van der Waals surface area contributed by atoms with E-state index in [2.05, 4.69) is 58.3 Å². The fourth-order valence-electron chi connectivity index (χ4n) is 2.67. The molecule has 0 atom stereocenters. The van der Waals surface area contributed by atoms with Crippen molar-refractivity contribution in [2.75, 3.05) is 11.9 Å². The van der Waals surface area contributed by atoms with Crippen molar-refractivity contribution in [2.45, 2.75) is 66.1 Å². The lowest BCUT2D eigenvalue weighted by Crippen LogP contribution is -2.36. The lowest BCUT2D eigenvalue weighted by atomic mass is 10.1. The molecule has 3 nitrogen and oxygen atoms in total. The van der Waals surface area contributed by atoms with E-state index in [0.29, 0.717) is 6.04 Å². The van der Waals surface area contributed by atoms with Crippen LogP contribution in [-0.4, -0.2) is 32.6 Å². The number of aryl methyl sites for hydroxylation is 2. The molecule has 0 amide bonds. The number of rotatable bonds is 9. The van der Waals surface area contributed by atoms with Crippen LogP contribution in [0, 0.1) is 0 Å². The largest absolute Gasteiger partial charge is 0.294 e. The monoisotopic (exact) mass is 363 g/mol. The Hall–Kier alpha value is -0.0600. The van der Waals surface area contributed by atoms with Crippen LogP contribution in [0.15, 0.2) is 0 Å². The molecular weight excluding hydrogens is 338 g/mol. The van der Waals surface area contributed by atoms with Gasteiger partial charge in [0.15, 0.2) is 0 Å². The Labute approximate surface area is 136 Å². The van der Waals surface area contributed by atoms with Crippen molar-refractivity contribution in [3.05, 3.63) is 16.4 Å². The topological polar surface area (TPSA) is 21.1 Å². The summed E-state index contributed by atoms with van der Waals surface area (Å²) in [4.78, 5) is 2.52. The third-order valence-corrected chi connectivity index (χ3v) is 4.67. The minimum atomic E-state index is 0.605. The summed E-state index contributed by atoms with van der Waals surface area (Å²) in [5.41, 5.74) is 2.19. The average Bonchev–Trinajstić information content (AvgIpc) is 2.76. The zero-order chi connectivity index (χ0) is 15.1. The van der Waals surface area contributed by atoms with Crippen LogP contribution in [0.25, 0.3) is 0 Å².